The van der Waals surface area contributed by atoms with E-state index in [1.54, 1.807) is 0 Å². The molecule has 1 heterocycles. The monoisotopic (exact) mass is 295 g/mol. The Morgan fingerprint density at radius 1 is 0.955 bits per heavy atom. The van der Waals surface area contributed by atoms with Crippen molar-refractivity contribution in [3.05, 3.63) is 71.8 Å². The summed E-state index contributed by atoms with van der Waals surface area (Å²) in [6, 6.07) is 21.7. The number of nitrogens with zero attached hydrogens (tertiary/aromatic N) is 1. The van der Waals surface area contributed by atoms with E-state index in [1.165, 1.54) is 16.0 Å². The lowest BCUT2D eigenvalue weighted by molar-refractivity contribution is -0.948. The van der Waals surface area contributed by atoms with Crippen molar-refractivity contribution in [2.75, 3.05) is 7.05 Å². The summed E-state index contributed by atoms with van der Waals surface area (Å²) in [5.41, 5.74) is 3.50. The molecule has 0 spiro atoms. The number of quaternary nitrogens is 1. The zero-order chi connectivity index (χ0) is 15.5. The lowest BCUT2D eigenvalue weighted by Crippen LogP contribution is -3.11. The molecule has 1 saturated heterocycles. The van der Waals surface area contributed by atoms with Gasteiger partial charge in [0.2, 0.25) is 0 Å². The zero-order valence-corrected chi connectivity index (χ0v) is 13.1. The number of rotatable bonds is 2. The van der Waals surface area contributed by atoms with Gasteiger partial charge < -0.3 is 10.1 Å². The van der Waals surface area contributed by atoms with Gasteiger partial charge in [-0.15, -0.1) is 0 Å². The molecule has 1 aliphatic heterocycles. The summed E-state index contributed by atoms with van der Waals surface area (Å²) in [5, 5.41) is 13.1. The molecule has 0 aromatic heterocycles. The van der Waals surface area contributed by atoms with Crippen molar-refractivity contribution in [2.45, 2.75) is 25.4 Å². The first kappa shape index (κ1) is 14.8. The summed E-state index contributed by atoms with van der Waals surface area (Å²) in [6.45, 7) is 2.16. The summed E-state index contributed by atoms with van der Waals surface area (Å²) < 4.78 is 0. The number of benzene rings is 2. The van der Waals surface area contributed by atoms with Crippen molar-refractivity contribution < 1.29 is 10.1 Å². The Morgan fingerprint density at radius 3 is 2.05 bits per heavy atom. The smallest absolute Gasteiger partial charge is 0.121 e. The molecule has 2 N–H and O–H groups in total. The minimum atomic E-state index is 0.229. The Morgan fingerprint density at radius 2 is 1.50 bits per heavy atom. The molecule has 22 heavy (non-hydrogen) atoms. The number of hydrogen-bond donors (Lipinski definition) is 2. The standard InChI is InChI=1S/C19H22N2O/c1-14-17(20-22)13-18(15-9-5-3-6-10-15)21(2)19(14)16-11-7-4-8-12-16/h3-12,14,18-19,22H,13H2,1-2H3/p+1/t14-,18-,19-/m0/s1. The fourth-order valence-electron chi connectivity index (χ4n) is 3.77. The quantitative estimate of drug-likeness (QED) is 0.649. The van der Waals surface area contributed by atoms with E-state index in [-0.39, 0.29) is 5.92 Å². The van der Waals surface area contributed by atoms with Gasteiger partial charge in [-0.25, -0.2) is 0 Å². The van der Waals surface area contributed by atoms with E-state index < -0.39 is 0 Å². The average Bonchev–Trinajstić information content (AvgIpc) is 2.57. The molecule has 0 bridgehead atoms. The number of nitrogens with one attached hydrogen (secondary N) is 1. The minimum Gasteiger partial charge on any atom is -0.411 e. The molecule has 2 aromatic rings. The van der Waals surface area contributed by atoms with E-state index in [1.807, 2.05) is 12.1 Å². The summed E-state index contributed by atoms with van der Waals surface area (Å²) >= 11 is 0. The molecule has 0 saturated carbocycles. The van der Waals surface area contributed by atoms with Crippen molar-refractivity contribution in [1.82, 2.24) is 0 Å². The summed E-state index contributed by atoms with van der Waals surface area (Å²) in [7, 11) is 2.25. The molecule has 1 fully saturated rings. The molecule has 3 rings (SSSR count). The first-order valence-electron chi connectivity index (χ1n) is 7.86. The Bertz CT molecular complexity index is 639. The van der Waals surface area contributed by atoms with Crippen LogP contribution in [0, 0.1) is 5.92 Å². The molecule has 0 amide bonds. The summed E-state index contributed by atoms with van der Waals surface area (Å²) in [4.78, 5) is 1.46. The topological polar surface area (TPSA) is 37.0 Å². The molecule has 1 aliphatic rings. The largest absolute Gasteiger partial charge is 0.411 e. The molecule has 114 valence electrons. The normalized spacial score (nSPS) is 30.4. The molecule has 0 aliphatic carbocycles. The van der Waals surface area contributed by atoms with Crippen molar-refractivity contribution in [3.63, 3.8) is 0 Å². The highest BCUT2D eigenvalue weighted by atomic mass is 16.4. The maximum Gasteiger partial charge on any atom is 0.121 e. The van der Waals surface area contributed by atoms with E-state index in [4.69, 9.17) is 0 Å². The van der Waals surface area contributed by atoms with Gasteiger partial charge >= 0.3 is 0 Å². The molecule has 3 heteroatoms. The number of likely N-dealkylation sites (tertiary alicyclic amines) is 1. The number of hydrogen-bond acceptors (Lipinski definition) is 2. The maximum absolute atomic E-state index is 9.46. The zero-order valence-electron chi connectivity index (χ0n) is 13.1. The molecule has 1 unspecified atom stereocenters. The van der Waals surface area contributed by atoms with Crippen LogP contribution in [0.15, 0.2) is 65.8 Å². The van der Waals surface area contributed by atoms with Crippen LogP contribution in [0.5, 0.6) is 0 Å². The van der Waals surface area contributed by atoms with Crippen molar-refractivity contribution in [1.29, 1.82) is 0 Å². The predicted molar refractivity (Wildman–Crippen MR) is 88.3 cm³/mol. The molecule has 0 radical (unpaired) electrons. The lowest BCUT2D eigenvalue weighted by Gasteiger charge is -2.41. The Balaban J connectivity index is 2.01. The van der Waals surface area contributed by atoms with Gasteiger partial charge in [-0.1, -0.05) is 72.7 Å². The summed E-state index contributed by atoms with van der Waals surface area (Å²) in [6.07, 6.45) is 0.802. The fraction of sp³-hybridized carbons (Fsp3) is 0.316. The van der Waals surface area contributed by atoms with Gasteiger partial charge in [0.15, 0.2) is 0 Å². The van der Waals surface area contributed by atoms with Crippen LogP contribution in [-0.2, 0) is 0 Å². The predicted octanol–water partition coefficient (Wildman–Crippen LogP) is 2.85. The van der Waals surface area contributed by atoms with Crippen LogP contribution in [0.4, 0.5) is 0 Å². The Kier molecular flexibility index (Phi) is 4.25. The highest BCUT2D eigenvalue weighted by molar-refractivity contribution is 5.87. The molecule has 2 aromatic carbocycles. The lowest BCUT2D eigenvalue weighted by atomic mass is 9.80. The van der Waals surface area contributed by atoms with Gasteiger partial charge in [-0.3, -0.25) is 0 Å². The van der Waals surface area contributed by atoms with Gasteiger partial charge in [0.25, 0.3) is 0 Å². The third kappa shape index (κ3) is 2.64. The van der Waals surface area contributed by atoms with E-state index >= 15 is 0 Å². The first-order chi connectivity index (χ1) is 10.7. The summed E-state index contributed by atoms with van der Waals surface area (Å²) in [5.74, 6) is 0.229. The van der Waals surface area contributed by atoms with E-state index in [2.05, 4.69) is 67.7 Å². The van der Waals surface area contributed by atoms with Gasteiger partial charge in [-0.2, -0.15) is 0 Å². The molecular weight excluding hydrogens is 272 g/mol. The second-order valence-corrected chi connectivity index (χ2v) is 6.18. The first-order valence-corrected chi connectivity index (χ1v) is 7.86. The second-order valence-electron chi connectivity index (χ2n) is 6.18. The van der Waals surface area contributed by atoms with Crippen molar-refractivity contribution in [3.8, 4) is 0 Å². The van der Waals surface area contributed by atoms with Crippen LogP contribution in [0.3, 0.4) is 0 Å². The number of oxime groups is 1. The maximum atomic E-state index is 9.46. The molecular formula is C19H23N2O+. The minimum absolute atomic E-state index is 0.229. The van der Waals surface area contributed by atoms with Crippen LogP contribution < -0.4 is 4.90 Å². The highest BCUT2D eigenvalue weighted by Gasteiger charge is 2.42. The van der Waals surface area contributed by atoms with Gasteiger partial charge in [0, 0.05) is 17.5 Å². The van der Waals surface area contributed by atoms with Gasteiger partial charge in [-0.05, 0) is 0 Å². The fourth-order valence-corrected chi connectivity index (χ4v) is 3.77. The highest BCUT2D eigenvalue weighted by Crippen LogP contribution is 2.30. The van der Waals surface area contributed by atoms with Gasteiger partial charge in [0.05, 0.1) is 18.7 Å². The van der Waals surface area contributed by atoms with E-state index in [0.29, 0.717) is 12.1 Å². The molecule has 4 atom stereocenters. The van der Waals surface area contributed by atoms with Crippen LogP contribution in [0.2, 0.25) is 0 Å². The van der Waals surface area contributed by atoms with Gasteiger partial charge in [0.1, 0.15) is 12.1 Å². The van der Waals surface area contributed by atoms with Crippen molar-refractivity contribution in [2.24, 2.45) is 11.1 Å². The Hall–Kier alpha value is -2.13. The van der Waals surface area contributed by atoms with Crippen LogP contribution in [-0.4, -0.2) is 18.0 Å². The third-order valence-corrected chi connectivity index (χ3v) is 4.97. The number of piperidine rings is 1. The van der Waals surface area contributed by atoms with Crippen molar-refractivity contribution >= 4 is 5.71 Å². The van der Waals surface area contributed by atoms with E-state index in [9.17, 15) is 5.21 Å². The molecule has 3 nitrogen and oxygen atoms in total. The second kappa shape index (κ2) is 6.32. The van der Waals surface area contributed by atoms with E-state index in [0.717, 1.165) is 12.1 Å². The third-order valence-electron chi connectivity index (χ3n) is 4.97. The van der Waals surface area contributed by atoms with Crippen LogP contribution >= 0.6 is 0 Å². The van der Waals surface area contributed by atoms with Crippen LogP contribution in [0.25, 0.3) is 0 Å². The Labute approximate surface area is 131 Å². The average molecular weight is 295 g/mol. The van der Waals surface area contributed by atoms with Crippen LogP contribution in [0.1, 0.15) is 36.6 Å². The SMILES string of the molecule is C[C@H]1C(=NO)C[C@@H](c2ccccc2)[NH+](C)[C@@H]1c1ccccc1.